The second kappa shape index (κ2) is 5.41. The number of rotatable bonds is 5. The molecule has 0 fully saturated rings. The lowest BCUT2D eigenvalue weighted by Crippen LogP contribution is -2.27. The zero-order valence-electron chi connectivity index (χ0n) is 11.8. The highest BCUT2D eigenvalue weighted by Crippen LogP contribution is 2.26. The molecule has 8 heteroatoms. The van der Waals surface area contributed by atoms with Gasteiger partial charge in [-0.25, -0.2) is 9.97 Å². The Labute approximate surface area is 120 Å². The number of fused-ring (bicyclic) bond motifs is 3. The second-order valence-electron chi connectivity index (χ2n) is 4.53. The third kappa shape index (κ3) is 2.29. The van der Waals surface area contributed by atoms with Crippen molar-refractivity contribution in [3.05, 3.63) is 18.1 Å². The number of hydrogen-bond donors (Lipinski definition) is 4. The van der Waals surface area contributed by atoms with Gasteiger partial charge < -0.3 is 25.3 Å². The average molecular weight is 288 g/mol. The number of nitrogens with zero attached hydrogens (tertiary/aromatic N) is 2. The fourth-order valence-electron chi connectivity index (χ4n) is 2.22. The van der Waals surface area contributed by atoms with Crippen molar-refractivity contribution in [1.29, 1.82) is 0 Å². The van der Waals surface area contributed by atoms with Crippen LogP contribution in [0, 0.1) is 0 Å². The number of anilines is 1. The summed E-state index contributed by atoms with van der Waals surface area (Å²) in [6, 6.07) is 1.76. The van der Waals surface area contributed by atoms with E-state index in [1.807, 2.05) is 0 Å². The van der Waals surface area contributed by atoms with Crippen LogP contribution in [0.5, 0.6) is 0 Å². The van der Waals surface area contributed by atoms with Gasteiger partial charge in [0.05, 0.1) is 12.9 Å². The van der Waals surface area contributed by atoms with E-state index in [0.29, 0.717) is 30.3 Å². The van der Waals surface area contributed by atoms with E-state index in [0.717, 1.165) is 16.4 Å². The molecule has 0 atom stereocenters. The lowest BCUT2D eigenvalue weighted by atomic mass is 10.2. The van der Waals surface area contributed by atoms with E-state index < -0.39 is 0 Å². The Hall–Kier alpha value is -2.61. The first-order valence-electron chi connectivity index (χ1n) is 6.55. The van der Waals surface area contributed by atoms with E-state index in [9.17, 15) is 4.79 Å². The molecule has 0 bridgehead atoms. The van der Waals surface area contributed by atoms with Crippen LogP contribution in [0.15, 0.2) is 12.4 Å². The minimum atomic E-state index is -0.195. The third-order valence-electron chi connectivity index (χ3n) is 3.22. The third-order valence-corrected chi connectivity index (χ3v) is 3.22. The van der Waals surface area contributed by atoms with Crippen LogP contribution in [0.3, 0.4) is 0 Å². The molecular formula is C13H16N6O2. The van der Waals surface area contributed by atoms with E-state index >= 15 is 0 Å². The molecule has 110 valence electrons. The number of aromatic amines is 2. The van der Waals surface area contributed by atoms with Gasteiger partial charge in [0.1, 0.15) is 22.4 Å². The van der Waals surface area contributed by atoms with Crippen molar-refractivity contribution >= 4 is 33.8 Å². The normalized spacial score (nSPS) is 11.1. The van der Waals surface area contributed by atoms with Crippen molar-refractivity contribution in [2.75, 3.05) is 32.6 Å². The van der Waals surface area contributed by atoms with E-state index in [1.165, 1.54) is 0 Å². The van der Waals surface area contributed by atoms with Crippen LogP contribution in [0.4, 0.5) is 5.82 Å². The largest absolute Gasteiger partial charge is 0.383 e. The SMILES string of the molecule is CNc1nc2[nH]c(C(=O)NCCOC)cc2c2nc[nH]c12. The summed E-state index contributed by atoms with van der Waals surface area (Å²) in [5.74, 6) is 0.489. The lowest BCUT2D eigenvalue weighted by Gasteiger charge is -2.01. The van der Waals surface area contributed by atoms with Gasteiger partial charge >= 0.3 is 0 Å². The number of carbonyl (C=O) groups excluding carboxylic acids is 1. The molecule has 0 saturated carbocycles. The van der Waals surface area contributed by atoms with Gasteiger partial charge in [-0.15, -0.1) is 0 Å². The molecule has 3 rings (SSSR count). The maximum Gasteiger partial charge on any atom is 0.267 e. The van der Waals surface area contributed by atoms with Gasteiger partial charge in [-0.2, -0.15) is 0 Å². The summed E-state index contributed by atoms with van der Waals surface area (Å²) in [4.78, 5) is 26.9. The molecule has 3 aromatic heterocycles. The zero-order valence-corrected chi connectivity index (χ0v) is 11.8. The number of pyridine rings is 1. The number of hydrogen-bond acceptors (Lipinski definition) is 5. The summed E-state index contributed by atoms with van der Waals surface area (Å²) in [6.45, 7) is 0.926. The molecule has 8 nitrogen and oxygen atoms in total. The number of amides is 1. The number of nitrogens with one attached hydrogen (secondary N) is 4. The van der Waals surface area contributed by atoms with Crippen LogP contribution in [0.1, 0.15) is 10.5 Å². The number of imidazole rings is 1. The van der Waals surface area contributed by atoms with Crippen molar-refractivity contribution in [2.45, 2.75) is 0 Å². The van der Waals surface area contributed by atoms with Gasteiger partial charge in [-0.3, -0.25) is 4.79 Å². The first kappa shape index (κ1) is 13.4. The molecule has 0 unspecified atom stereocenters. The van der Waals surface area contributed by atoms with Gasteiger partial charge in [0.15, 0.2) is 5.82 Å². The molecule has 3 heterocycles. The average Bonchev–Trinajstić information content (AvgIpc) is 3.12. The number of carbonyl (C=O) groups is 1. The highest BCUT2D eigenvalue weighted by Gasteiger charge is 2.15. The van der Waals surface area contributed by atoms with Crippen LogP contribution >= 0.6 is 0 Å². The van der Waals surface area contributed by atoms with Gasteiger partial charge in [-0.1, -0.05) is 0 Å². The van der Waals surface area contributed by atoms with E-state index in [1.54, 1.807) is 26.6 Å². The van der Waals surface area contributed by atoms with Crippen LogP contribution < -0.4 is 10.6 Å². The van der Waals surface area contributed by atoms with Crippen molar-refractivity contribution < 1.29 is 9.53 Å². The number of ether oxygens (including phenoxy) is 1. The molecule has 0 aliphatic carbocycles. The summed E-state index contributed by atoms with van der Waals surface area (Å²) in [5.41, 5.74) is 2.66. The molecule has 0 spiro atoms. The van der Waals surface area contributed by atoms with Crippen molar-refractivity contribution in [3.63, 3.8) is 0 Å². The van der Waals surface area contributed by atoms with Crippen LogP contribution in [0.2, 0.25) is 0 Å². The van der Waals surface area contributed by atoms with Crippen molar-refractivity contribution in [1.82, 2.24) is 25.3 Å². The molecule has 3 aromatic rings. The standard InChI is InChI=1S/C13H16N6O2/c1-14-12-10-9(16-6-17-10)7-5-8(18-11(7)19-12)13(20)15-3-4-21-2/h5-6H,3-4H2,1-2H3,(H,15,20)(H,16,17)(H2,14,18,19). The predicted molar refractivity (Wildman–Crippen MR) is 79.5 cm³/mol. The maximum atomic E-state index is 12.0. The number of aromatic nitrogens is 4. The molecule has 0 aliphatic rings. The first-order valence-corrected chi connectivity index (χ1v) is 6.55. The van der Waals surface area contributed by atoms with E-state index in [4.69, 9.17) is 4.74 Å². The Bertz CT molecular complexity index is 791. The molecule has 0 aliphatic heterocycles. The van der Waals surface area contributed by atoms with Crippen LogP contribution in [-0.4, -0.2) is 53.2 Å². The smallest absolute Gasteiger partial charge is 0.267 e. The molecule has 4 N–H and O–H groups in total. The fraction of sp³-hybridized carbons (Fsp3) is 0.308. The minimum absolute atomic E-state index is 0.195. The summed E-state index contributed by atoms with van der Waals surface area (Å²) in [6.07, 6.45) is 1.61. The van der Waals surface area contributed by atoms with Gasteiger partial charge in [0, 0.05) is 26.1 Å². The Balaban J connectivity index is 2.01. The summed E-state index contributed by atoms with van der Waals surface area (Å²) in [5, 5.41) is 6.58. The van der Waals surface area contributed by atoms with Gasteiger partial charge in [0.25, 0.3) is 5.91 Å². The first-order chi connectivity index (χ1) is 10.2. The molecular weight excluding hydrogens is 272 g/mol. The van der Waals surface area contributed by atoms with Crippen LogP contribution in [-0.2, 0) is 4.74 Å². The Kier molecular flexibility index (Phi) is 3.44. The highest BCUT2D eigenvalue weighted by atomic mass is 16.5. The Morgan fingerprint density at radius 2 is 2.33 bits per heavy atom. The van der Waals surface area contributed by atoms with Crippen molar-refractivity contribution in [2.24, 2.45) is 0 Å². The molecule has 0 radical (unpaired) electrons. The minimum Gasteiger partial charge on any atom is -0.383 e. The molecule has 0 saturated heterocycles. The molecule has 21 heavy (non-hydrogen) atoms. The second-order valence-corrected chi connectivity index (χ2v) is 4.53. The molecule has 1 amide bonds. The summed E-state index contributed by atoms with van der Waals surface area (Å²) in [7, 11) is 3.38. The van der Waals surface area contributed by atoms with E-state index in [2.05, 4.69) is 30.6 Å². The number of H-pyrrole nitrogens is 2. The monoisotopic (exact) mass is 288 g/mol. The Morgan fingerprint density at radius 3 is 3.10 bits per heavy atom. The van der Waals surface area contributed by atoms with Crippen molar-refractivity contribution in [3.8, 4) is 0 Å². The van der Waals surface area contributed by atoms with Gasteiger partial charge in [-0.05, 0) is 6.07 Å². The van der Waals surface area contributed by atoms with E-state index in [-0.39, 0.29) is 5.91 Å². The van der Waals surface area contributed by atoms with Crippen LogP contribution in [0.25, 0.3) is 22.1 Å². The lowest BCUT2D eigenvalue weighted by molar-refractivity contribution is 0.0933. The summed E-state index contributed by atoms with van der Waals surface area (Å²) >= 11 is 0. The van der Waals surface area contributed by atoms with Gasteiger partial charge in [0.2, 0.25) is 0 Å². The fourth-order valence-corrected chi connectivity index (χ4v) is 2.22. The predicted octanol–water partition coefficient (Wildman–Crippen LogP) is 0.857. The quantitative estimate of drug-likeness (QED) is 0.521. The molecule has 0 aromatic carbocycles. The summed E-state index contributed by atoms with van der Waals surface area (Å²) < 4.78 is 4.90. The topological polar surface area (TPSA) is 108 Å². The zero-order chi connectivity index (χ0) is 14.8. The Morgan fingerprint density at radius 1 is 1.48 bits per heavy atom. The number of methoxy groups -OCH3 is 1. The highest BCUT2D eigenvalue weighted by molar-refractivity contribution is 6.08. The maximum absolute atomic E-state index is 12.0.